The maximum Gasteiger partial charge on any atom is 0.323 e. The van der Waals surface area contributed by atoms with Crippen LogP contribution in [0.25, 0.3) is 0 Å². The van der Waals surface area contributed by atoms with Crippen LogP contribution in [0.3, 0.4) is 0 Å². The van der Waals surface area contributed by atoms with E-state index >= 15 is 0 Å². The Labute approximate surface area is 189 Å². The Bertz CT molecular complexity index is 973. The maximum absolute atomic E-state index is 13.0. The zero-order chi connectivity index (χ0) is 23.4. The summed E-state index contributed by atoms with van der Waals surface area (Å²) >= 11 is 0. The van der Waals surface area contributed by atoms with E-state index in [4.69, 9.17) is 15.2 Å². The number of aryl methyl sites for hydroxylation is 1. The number of esters is 1. The van der Waals surface area contributed by atoms with Crippen LogP contribution in [0.4, 0.5) is 0 Å². The molecule has 2 aliphatic heterocycles. The highest BCUT2D eigenvalue weighted by Crippen LogP contribution is 2.61. The molecule has 0 saturated carbocycles. The molecular formula is C25H34N2O5. The zero-order valence-electron chi connectivity index (χ0n) is 19.6. The number of ether oxygens (including phenoxy) is 2. The summed E-state index contributed by atoms with van der Waals surface area (Å²) < 4.78 is 11.7. The predicted octanol–water partition coefficient (Wildman–Crippen LogP) is 2.02. The molecule has 0 amide bonds. The van der Waals surface area contributed by atoms with Crippen molar-refractivity contribution in [2.75, 3.05) is 13.6 Å². The summed E-state index contributed by atoms with van der Waals surface area (Å²) in [4.78, 5) is 27.0. The third kappa shape index (κ3) is 3.21. The standard InChI is InChI=1S/C25H34N2O5/c1-14-7-6-8-20-21(14)24-11-12-27(5)17(4)25(24,30)10-9-18(22(24)32-20)13-19(28)16(3)31-23(29)15(2)26/h6-9,15-17,22,30H,10-13,26H2,1-5H3/t15-,16?,17?,22?,24?,25?/m0/s1. The van der Waals surface area contributed by atoms with Gasteiger partial charge in [-0.05, 0) is 71.3 Å². The van der Waals surface area contributed by atoms with Crippen molar-refractivity contribution in [3.05, 3.63) is 41.0 Å². The van der Waals surface area contributed by atoms with Crippen molar-refractivity contribution in [1.82, 2.24) is 4.90 Å². The van der Waals surface area contributed by atoms with Crippen LogP contribution < -0.4 is 10.5 Å². The first-order valence-electron chi connectivity index (χ1n) is 11.4. The average Bonchev–Trinajstić information content (AvgIpc) is 3.09. The molecule has 1 aromatic carbocycles. The second-order valence-corrected chi connectivity index (χ2v) is 9.74. The number of fused-ring (bicyclic) bond motifs is 1. The van der Waals surface area contributed by atoms with E-state index in [0.29, 0.717) is 6.42 Å². The average molecular weight is 443 g/mol. The van der Waals surface area contributed by atoms with E-state index in [0.717, 1.165) is 35.4 Å². The van der Waals surface area contributed by atoms with Crippen molar-refractivity contribution in [3.63, 3.8) is 0 Å². The van der Waals surface area contributed by atoms with E-state index < -0.39 is 35.2 Å². The lowest BCUT2D eigenvalue weighted by Crippen LogP contribution is -2.71. The smallest absolute Gasteiger partial charge is 0.323 e. The second kappa shape index (κ2) is 7.97. The van der Waals surface area contributed by atoms with Gasteiger partial charge >= 0.3 is 5.97 Å². The molecule has 0 radical (unpaired) electrons. The molecule has 0 bridgehead atoms. The van der Waals surface area contributed by atoms with Crippen LogP contribution in [0.1, 0.15) is 51.2 Å². The molecule has 1 saturated heterocycles. The van der Waals surface area contributed by atoms with E-state index in [9.17, 15) is 14.7 Å². The fraction of sp³-hybridized carbons (Fsp3) is 0.600. The number of likely N-dealkylation sites (N-methyl/N-ethyl adjacent to an activating group) is 1. The summed E-state index contributed by atoms with van der Waals surface area (Å²) in [5.41, 5.74) is 6.90. The third-order valence-electron chi connectivity index (χ3n) is 7.87. The number of hydrogen-bond donors (Lipinski definition) is 2. The van der Waals surface area contributed by atoms with Gasteiger partial charge in [0, 0.05) is 18.0 Å². The van der Waals surface area contributed by atoms with Crippen LogP contribution in [0.15, 0.2) is 29.8 Å². The van der Waals surface area contributed by atoms with Crippen LogP contribution >= 0.6 is 0 Å². The molecule has 7 heteroatoms. The minimum atomic E-state index is -1.03. The Hall–Kier alpha value is -2.22. The minimum Gasteiger partial charge on any atom is -0.485 e. The van der Waals surface area contributed by atoms with Gasteiger partial charge in [-0.1, -0.05) is 18.2 Å². The van der Waals surface area contributed by atoms with Gasteiger partial charge in [-0.15, -0.1) is 0 Å². The van der Waals surface area contributed by atoms with Gasteiger partial charge in [0.25, 0.3) is 0 Å². The number of hydrogen-bond acceptors (Lipinski definition) is 7. The molecule has 6 atom stereocenters. The van der Waals surface area contributed by atoms with Crippen LogP contribution in [-0.2, 0) is 19.7 Å². The summed E-state index contributed by atoms with van der Waals surface area (Å²) in [6.45, 7) is 8.04. The molecule has 1 spiro atoms. The Morgan fingerprint density at radius 3 is 2.78 bits per heavy atom. The number of ketones is 1. The number of carbonyl (C=O) groups is 2. The second-order valence-electron chi connectivity index (χ2n) is 9.74. The molecule has 32 heavy (non-hydrogen) atoms. The van der Waals surface area contributed by atoms with Crippen LogP contribution in [0.5, 0.6) is 5.75 Å². The number of piperidine rings is 1. The van der Waals surface area contributed by atoms with Gasteiger partial charge in [0.1, 0.15) is 17.9 Å². The molecule has 7 nitrogen and oxygen atoms in total. The first-order valence-corrected chi connectivity index (χ1v) is 11.4. The topological polar surface area (TPSA) is 102 Å². The van der Waals surface area contributed by atoms with Crippen molar-refractivity contribution in [1.29, 1.82) is 0 Å². The normalized spacial score (nSPS) is 33.2. The zero-order valence-corrected chi connectivity index (χ0v) is 19.6. The highest BCUT2D eigenvalue weighted by molar-refractivity contribution is 5.88. The van der Waals surface area contributed by atoms with Crippen molar-refractivity contribution < 1.29 is 24.2 Å². The van der Waals surface area contributed by atoms with Crippen molar-refractivity contribution in [2.24, 2.45) is 5.73 Å². The summed E-state index contributed by atoms with van der Waals surface area (Å²) in [5, 5.41) is 12.2. The Balaban J connectivity index is 1.71. The SMILES string of the molecule is Cc1cccc2c1C13CCN(C)C(C)C1(O)CC=C(CC(=O)C(C)OC(=O)[C@H](C)N)C3O2. The van der Waals surface area contributed by atoms with E-state index in [1.807, 2.05) is 25.3 Å². The van der Waals surface area contributed by atoms with E-state index in [1.54, 1.807) is 6.92 Å². The molecular weight excluding hydrogens is 408 g/mol. The number of rotatable bonds is 5. The van der Waals surface area contributed by atoms with Gasteiger partial charge in [-0.2, -0.15) is 0 Å². The molecule has 1 aromatic rings. The van der Waals surface area contributed by atoms with Gasteiger partial charge in [0.05, 0.1) is 11.0 Å². The lowest BCUT2D eigenvalue weighted by Gasteiger charge is -2.59. The Morgan fingerprint density at radius 2 is 2.09 bits per heavy atom. The molecule has 2 heterocycles. The molecule has 1 fully saturated rings. The molecule has 1 aliphatic carbocycles. The van der Waals surface area contributed by atoms with Crippen LogP contribution in [0, 0.1) is 6.92 Å². The van der Waals surface area contributed by atoms with Gasteiger partial charge in [-0.3, -0.25) is 9.59 Å². The molecule has 4 rings (SSSR count). The van der Waals surface area contributed by atoms with Gasteiger partial charge in [0.2, 0.25) is 0 Å². The predicted molar refractivity (Wildman–Crippen MR) is 120 cm³/mol. The number of benzene rings is 1. The van der Waals surface area contributed by atoms with Crippen molar-refractivity contribution in [3.8, 4) is 5.75 Å². The highest BCUT2D eigenvalue weighted by atomic mass is 16.5. The molecule has 5 unspecified atom stereocenters. The van der Waals surface area contributed by atoms with Gasteiger partial charge in [-0.25, -0.2) is 0 Å². The largest absolute Gasteiger partial charge is 0.485 e. The van der Waals surface area contributed by atoms with E-state index in [-0.39, 0.29) is 18.2 Å². The lowest BCUT2D eigenvalue weighted by molar-refractivity contribution is -0.155. The Kier molecular flexibility index (Phi) is 5.72. The molecule has 174 valence electrons. The highest BCUT2D eigenvalue weighted by Gasteiger charge is 2.67. The summed E-state index contributed by atoms with van der Waals surface area (Å²) in [6, 6.07) is 5.11. The van der Waals surface area contributed by atoms with E-state index in [1.165, 1.54) is 6.92 Å². The number of likely N-dealkylation sites (tertiary alicyclic amines) is 1. The number of carbonyl (C=O) groups excluding carboxylic acids is 2. The molecule has 3 N–H and O–H groups in total. The van der Waals surface area contributed by atoms with Crippen LogP contribution in [0.2, 0.25) is 0 Å². The first-order chi connectivity index (χ1) is 15.0. The first kappa shape index (κ1) is 23.0. The number of aliphatic hydroxyl groups is 1. The molecule has 0 aromatic heterocycles. The monoisotopic (exact) mass is 442 g/mol. The number of Topliss-reactive ketones (excluding diaryl/α,β-unsaturated/α-hetero) is 1. The van der Waals surface area contributed by atoms with Crippen LogP contribution in [-0.4, -0.2) is 65.2 Å². The van der Waals surface area contributed by atoms with Crippen molar-refractivity contribution in [2.45, 2.75) is 82.3 Å². The fourth-order valence-electron chi connectivity index (χ4n) is 5.86. The fourth-order valence-corrected chi connectivity index (χ4v) is 5.86. The Morgan fingerprint density at radius 1 is 1.38 bits per heavy atom. The lowest BCUT2D eigenvalue weighted by atomic mass is 9.53. The summed E-state index contributed by atoms with van der Waals surface area (Å²) in [6.07, 6.45) is 1.89. The number of nitrogens with zero attached hydrogens (tertiary/aromatic N) is 1. The summed E-state index contributed by atoms with van der Waals surface area (Å²) in [7, 11) is 2.04. The third-order valence-corrected chi connectivity index (χ3v) is 7.87. The maximum atomic E-state index is 13.0. The minimum absolute atomic E-state index is 0.0765. The molecule has 3 aliphatic rings. The van der Waals surface area contributed by atoms with Crippen molar-refractivity contribution >= 4 is 11.8 Å². The number of nitrogens with two attached hydrogens (primary N) is 1. The van der Waals surface area contributed by atoms with Gasteiger partial charge < -0.3 is 25.2 Å². The summed E-state index contributed by atoms with van der Waals surface area (Å²) in [5.74, 6) is -0.0245. The quantitative estimate of drug-likeness (QED) is 0.531. The van der Waals surface area contributed by atoms with E-state index in [2.05, 4.69) is 24.8 Å². The van der Waals surface area contributed by atoms with Gasteiger partial charge in [0.15, 0.2) is 11.9 Å².